The standard InChI is InChI=1S/C8H9N5O/c1-4-2-5(3-14-4)6-11-7(9)13-8(10)12-6/h2-3H,1H3,(H4,9,10,11,12,13). The maximum atomic E-state index is 5.43. The van der Waals surface area contributed by atoms with Crippen molar-refractivity contribution in [3.05, 3.63) is 18.1 Å². The van der Waals surface area contributed by atoms with E-state index in [4.69, 9.17) is 15.9 Å². The molecule has 0 unspecified atom stereocenters. The summed E-state index contributed by atoms with van der Waals surface area (Å²) in [5.41, 5.74) is 11.6. The van der Waals surface area contributed by atoms with E-state index in [0.29, 0.717) is 5.82 Å². The zero-order valence-corrected chi connectivity index (χ0v) is 7.56. The minimum atomic E-state index is 0.103. The number of aromatic nitrogens is 3. The Morgan fingerprint density at radius 2 is 1.79 bits per heavy atom. The van der Waals surface area contributed by atoms with Crippen LogP contribution in [-0.4, -0.2) is 15.0 Å². The molecule has 6 nitrogen and oxygen atoms in total. The smallest absolute Gasteiger partial charge is 0.225 e. The lowest BCUT2D eigenvalue weighted by atomic mass is 10.3. The van der Waals surface area contributed by atoms with Crippen LogP contribution >= 0.6 is 0 Å². The van der Waals surface area contributed by atoms with Crippen molar-refractivity contribution in [2.75, 3.05) is 11.5 Å². The van der Waals surface area contributed by atoms with Crippen LogP contribution in [0.25, 0.3) is 11.4 Å². The SMILES string of the molecule is Cc1cc(-c2nc(N)nc(N)n2)co1. The molecule has 2 heterocycles. The van der Waals surface area contributed by atoms with Gasteiger partial charge < -0.3 is 15.9 Å². The third-order valence-corrected chi connectivity index (χ3v) is 1.66. The van der Waals surface area contributed by atoms with Gasteiger partial charge in [0.25, 0.3) is 0 Å². The van der Waals surface area contributed by atoms with Gasteiger partial charge in [0.15, 0.2) is 5.82 Å². The predicted octanol–water partition coefficient (Wildman–Crippen LogP) is 0.604. The topological polar surface area (TPSA) is 104 Å². The van der Waals surface area contributed by atoms with Gasteiger partial charge in [0.1, 0.15) is 12.0 Å². The Bertz CT molecular complexity index is 444. The van der Waals surface area contributed by atoms with E-state index < -0.39 is 0 Å². The van der Waals surface area contributed by atoms with E-state index in [9.17, 15) is 0 Å². The van der Waals surface area contributed by atoms with Crippen molar-refractivity contribution in [1.29, 1.82) is 0 Å². The van der Waals surface area contributed by atoms with Crippen molar-refractivity contribution >= 4 is 11.9 Å². The van der Waals surface area contributed by atoms with Gasteiger partial charge in [0.2, 0.25) is 11.9 Å². The molecule has 2 aromatic heterocycles. The number of nitrogens with two attached hydrogens (primary N) is 2. The van der Waals surface area contributed by atoms with E-state index in [1.807, 2.05) is 6.92 Å². The van der Waals surface area contributed by atoms with Gasteiger partial charge in [-0.1, -0.05) is 0 Å². The number of hydrogen-bond donors (Lipinski definition) is 2. The number of rotatable bonds is 1. The molecule has 0 fully saturated rings. The molecule has 0 aliphatic rings. The van der Waals surface area contributed by atoms with Crippen LogP contribution in [0.2, 0.25) is 0 Å². The molecule has 0 saturated heterocycles. The van der Waals surface area contributed by atoms with Crippen LogP contribution in [0.3, 0.4) is 0 Å². The van der Waals surface area contributed by atoms with E-state index in [2.05, 4.69) is 15.0 Å². The molecule has 2 rings (SSSR count). The van der Waals surface area contributed by atoms with Gasteiger partial charge in [0, 0.05) is 0 Å². The zero-order valence-electron chi connectivity index (χ0n) is 7.56. The van der Waals surface area contributed by atoms with Crippen molar-refractivity contribution in [3.8, 4) is 11.4 Å². The van der Waals surface area contributed by atoms with Gasteiger partial charge in [-0.3, -0.25) is 0 Å². The minimum absolute atomic E-state index is 0.103. The van der Waals surface area contributed by atoms with E-state index in [0.717, 1.165) is 11.3 Å². The summed E-state index contributed by atoms with van der Waals surface area (Å²) in [6.45, 7) is 1.83. The first-order valence-corrected chi connectivity index (χ1v) is 3.97. The number of nitrogen functional groups attached to an aromatic ring is 2. The van der Waals surface area contributed by atoms with Crippen LogP contribution < -0.4 is 11.5 Å². The largest absolute Gasteiger partial charge is 0.469 e. The first kappa shape index (κ1) is 8.49. The molecule has 0 aromatic carbocycles. The average Bonchev–Trinajstić information content (AvgIpc) is 2.50. The van der Waals surface area contributed by atoms with E-state index in [1.165, 1.54) is 0 Å². The molecule has 14 heavy (non-hydrogen) atoms. The third-order valence-electron chi connectivity index (χ3n) is 1.66. The van der Waals surface area contributed by atoms with Crippen molar-refractivity contribution in [2.24, 2.45) is 0 Å². The van der Waals surface area contributed by atoms with E-state index in [-0.39, 0.29) is 11.9 Å². The molecule has 0 atom stereocenters. The van der Waals surface area contributed by atoms with Crippen molar-refractivity contribution in [3.63, 3.8) is 0 Å². The molecule has 4 N–H and O–H groups in total. The van der Waals surface area contributed by atoms with Gasteiger partial charge in [-0.25, -0.2) is 0 Å². The van der Waals surface area contributed by atoms with Crippen molar-refractivity contribution in [1.82, 2.24) is 15.0 Å². The zero-order chi connectivity index (χ0) is 10.1. The summed E-state index contributed by atoms with van der Waals surface area (Å²) in [7, 11) is 0. The quantitative estimate of drug-likeness (QED) is 0.684. The fraction of sp³-hybridized carbons (Fsp3) is 0.125. The molecule has 0 radical (unpaired) electrons. The fourth-order valence-electron chi connectivity index (χ4n) is 1.10. The minimum Gasteiger partial charge on any atom is -0.469 e. The Hall–Kier alpha value is -2.11. The molecule has 0 saturated carbocycles. The summed E-state index contributed by atoms with van der Waals surface area (Å²) in [6.07, 6.45) is 1.55. The summed E-state index contributed by atoms with van der Waals surface area (Å²) >= 11 is 0. The third kappa shape index (κ3) is 1.49. The van der Waals surface area contributed by atoms with Gasteiger partial charge in [-0.15, -0.1) is 0 Å². The Morgan fingerprint density at radius 3 is 2.29 bits per heavy atom. The number of anilines is 2. The van der Waals surface area contributed by atoms with Crippen LogP contribution in [0.15, 0.2) is 16.7 Å². The molecule has 0 spiro atoms. The second-order valence-corrected chi connectivity index (χ2v) is 2.82. The number of furan rings is 1. The lowest BCUT2D eigenvalue weighted by Crippen LogP contribution is -2.03. The van der Waals surface area contributed by atoms with Crippen molar-refractivity contribution < 1.29 is 4.42 Å². The highest BCUT2D eigenvalue weighted by Gasteiger charge is 2.07. The van der Waals surface area contributed by atoms with Crippen LogP contribution in [0, 0.1) is 6.92 Å². The molecular weight excluding hydrogens is 182 g/mol. The second kappa shape index (κ2) is 2.99. The lowest BCUT2D eigenvalue weighted by molar-refractivity contribution is 0.534. The van der Waals surface area contributed by atoms with Crippen molar-refractivity contribution in [2.45, 2.75) is 6.92 Å². The first-order chi connectivity index (χ1) is 6.65. The average molecular weight is 191 g/mol. The Morgan fingerprint density at radius 1 is 1.14 bits per heavy atom. The predicted molar refractivity (Wildman–Crippen MR) is 51.1 cm³/mol. The van der Waals surface area contributed by atoms with E-state index >= 15 is 0 Å². The number of hydrogen-bond acceptors (Lipinski definition) is 6. The number of nitrogens with zero attached hydrogens (tertiary/aromatic N) is 3. The van der Waals surface area contributed by atoms with Crippen LogP contribution in [0.1, 0.15) is 5.76 Å². The maximum absolute atomic E-state index is 5.43. The maximum Gasteiger partial charge on any atom is 0.225 e. The highest BCUT2D eigenvalue weighted by atomic mass is 16.3. The first-order valence-electron chi connectivity index (χ1n) is 3.97. The van der Waals surface area contributed by atoms with Crippen LogP contribution in [0.4, 0.5) is 11.9 Å². The summed E-state index contributed by atoms with van der Waals surface area (Å²) in [4.78, 5) is 11.5. The summed E-state index contributed by atoms with van der Waals surface area (Å²) < 4.78 is 5.12. The molecular formula is C8H9N5O. The fourth-order valence-corrected chi connectivity index (χ4v) is 1.10. The molecule has 0 aliphatic carbocycles. The van der Waals surface area contributed by atoms with Crippen LogP contribution in [-0.2, 0) is 0 Å². The molecule has 72 valence electrons. The highest BCUT2D eigenvalue weighted by molar-refractivity contribution is 5.56. The van der Waals surface area contributed by atoms with Crippen LogP contribution in [0.5, 0.6) is 0 Å². The van der Waals surface area contributed by atoms with E-state index in [1.54, 1.807) is 12.3 Å². The molecule has 2 aromatic rings. The summed E-state index contributed by atoms with van der Waals surface area (Å²) in [5.74, 6) is 1.40. The lowest BCUT2D eigenvalue weighted by Gasteiger charge is -1.97. The molecule has 0 bridgehead atoms. The summed E-state index contributed by atoms with van der Waals surface area (Å²) in [5, 5.41) is 0. The Balaban J connectivity index is 2.51. The van der Waals surface area contributed by atoms with Gasteiger partial charge in [0.05, 0.1) is 5.56 Å². The monoisotopic (exact) mass is 191 g/mol. The summed E-state index contributed by atoms with van der Waals surface area (Å²) in [6, 6.07) is 1.80. The normalized spacial score (nSPS) is 10.4. The number of aryl methyl sites for hydroxylation is 1. The second-order valence-electron chi connectivity index (χ2n) is 2.82. The Kier molecular flexibility index (Phi) is 1.81. The molecule has 6 heteroatoms. The Labute approximate surface area is 80.0 Å². The molecule has 0 amide bonds. The van der Waals surface area contributed by atoms with Gasteiger partial charge in [-0.05, 0) is 13.0 Å². The molecule has 0 aliphatic heterocycles. The van der Waals surface area contributed by atoms with Gasteiger partial charge >= 0.3 is 0 Å². The van der Waals surface area contributed by atoms with Gasteiger partial charge in [-0.2, -0.15) is 15.0 Å². The highest BCUT2D eigenvalue weighted by Crippen LogP contribution is 2.18.